The largest absolute Gasteiger partial charge is 0.573 e. The number of urea groups is 1. The summed E-state index contributed by atoms with van der Waals surface area (Å²) in [5.41, 5.74) is 6.39. The number of aliphatic imine (C=N–C) groups is 1. The lowest BCUT2D eigenvalue weighted by Gasteiger charge is -2.24. The Morgan fingerprint density at radius 1 is 1.24 bits per heavy atom. The van der Waals surface area contributed by atoms with Crippen LogP contribution in [0.2, 0.25) is 0 Å². The van der Waals surface area contributed by atoms with Gasteiger partial charge in [0.1, 0.15) is 17.6 Å². The number of carbonyl (C=O) groups is 1. The van der Waals surface area contributed by atoms with E-state index in [0.29, 0.717) is 5.56 Å². The number of benzene rings is 1. The molecule has 0 aromatic heterocycles. The van der Waals surface area contributed by atoms with Gasteiger partial charge in [-0.05, 0) is 30.5 Å². The first-order chi connectivity index (χ1) is 9.85. The zero-order valence-electron chi connectivity index (χ0n) is 10.8. The first-order valence-electron chi connectivity index (χ1n) is 6.37. The van der Waals surface area contributed by atoms with Crippen molar-refractivity contribution in [3.63, 3.8) is 0 Å². The second-order valence-electron chi connectivity index (χ2n) is 4.98. The minimum Gasteiger partial charge on any atom is -0.406 e. The van der Waals surface area contributed by atoms with Crippen LogP contribution in [0.1, 0.15) is 24.4 Å². The van der Waals surface area contributed by atoms with E-state index in [4.69, 9.17) is 5.73 Å². The van der Waals surface area contributed by atoms with Crippen molar-refractivity contribution < 1.29 is 22.7 Å². The number of hydrogen-bond donors (Lipinski definition) is 1. The number of rotatable bonds is 3. The molecule has 0 saturated heterocycles. The molecule has 1 aromatic rings. The van der Waals surface area contributed by atoms with Crippen molar-refractivity contribution in [2.75, 3.05) is 0 Å². The molecule has 0 bridgehead atoms. The predicted octanol–water partition coefficient (Wildman–Crippen LogP) is 2.58. The maximum Gasteiger partial charge on any atom is 0.573 e. The maximum atomic E-state index is 12.1. The summed E-state index contributed by atoms with van der Waals surface area (Å²) < 4.78 is 40.2. The molecule has 2 N–H and O–H groups in total. The standard InChI is InChI=1S/C13H12F3N3O2/c14-13(15,16)21-9-5-1-7(2-6-9)10-11(17)18-12(20)19(10)8-3-4-8/h1-2,5-6,8,10H,3-4H2,(H2,17,18,20). The molecule has 1 atom stereocenters. The van der Waals surface area contributed by atoms with E-state index in [2.05, 4.69) is 9.73 Å². The second kappa shape index (κ2) is 4.64. The maximum absolute atomic E-state index is 12.1. The van der Waals surface area contributed by atoms with Crippen molar-refractivity contribution in [1.29, 1.82) is 0 Å². The average Bonchev–Trinajstić information content (AvgIpc) is 3.15. The van der Waals surface area contributed by atoms with Gasteiger partial charge in [0.05, 0.1) is 0 Å². The first kappa shape index (κ1) is 13.7. The van der Waals surface area contributed by atoms with Gasteiger partial charge in [-0.15, -0.1) is 13.2 Å². The molecule has 1 heterocycles. The molecule has 1 aliphatic heterocycles. The van der Waals surface area contributed by atoms with E-state index in [0.717, 1.165) is 12.8 Å². The topological polar surface area (TPSA) is 67.9 Å². The Bertz CT molecular complexity index is 594. The van der Waals surface area contributed by atoms with Gasteiger partial charge in [-0.25, -0.2) is 4.79 Å². The highest BCUT2D eigenvalue weighted by Crippen LogP contribution is 2.38. The van der Waals surface area contributed by atoms with Crippen LogP contribution in [-0.4, -0.2) is 29.2 Å². The van der Waals surface area contributed by atoms with Crippen LogP contribution in [0, 0.1) is 0 Å². The summed E-state index contributed by atoms with van der Waals surface area (Å²) in [6, 6.07) is 4.52. The zero-order valence-corrected chi connectivity index (χ0v) is 10.8. The van der Waals surface area contributed by atoms with Crippen molar-refractivity contribution in [3.05, 3.63) is 29.8 Å². The fraction of sp³-hybridized carbons (Fsp3) is 0.385. The monoisotopic (exact) mass is 299 g/mol. The number of nitrogens with zero attached hydrogens (tertiary/aromatic N) is 2. The van der Waals surface area contributed by atoms with Gasteiger partial charge in [0.2, 0.25) is 0 Å². The average molecular weight is 299 g/mol. The summed E-state index contributed by atoms with van der Waals surface area (Å²) in [6.45, 7) is 0. The molecule has 1 aromatic carbocycles. The molecular formula is C13H12F3N3O2. The van der Waals surface area contributed by atoms with E-state index in [-0.39, 0.29) is 17.6 Å². The van der Waals surface area contributed by atoms with E-state index >= 15 is 0 Å². The van der Waals surface area contributed by atoms with Gasteiger partial charge in [-0.1, -0.05) is 12.1 Å². The Kier molecular flexibility index (Phi) is 3.03. The molecule has 1 aliphatic carbocycles. The molecule has 0 spiro atoms. The Hall–Kier alpha value is -2.25. The van der Waals surface area contributed by atoms with Crippen LogP contribution < -0.4 is 10.5 Å². The number of nitrogens with two attached hydrogens (primary N) is 1. The van der Waals surface area contributed by atoms with E-state index in [1.807, 2.05) is 0 Å². The third-order valence-electron chi connectivity index (χ3n) is 3.37. The highest BCUT2D eigenvalue weighted by Gasteiger charge is 2.43. The lowest BCUT2D eigenvalue weighted by atomic mass is 10.1. The molecule has 2 amide bonds. The van der Waals surface area contributed by atoms with E-state index in [1.54, 1.807) is 4.90 Å². The molecule has 3 rings (SSSR count). The summed E-state index contributed by atoms with van der Waals surface area (Å²) in [5, 5.41) is 0. The summed E-state index contributed by atoms with van der Waals surface area (Å²) in [7, 11) is 0. The van der Waals surface area contributed by atoms with Crippen LogP contribution in [0.4, 0.5) is 18.0 Å². The Labute approximate surface area is 118 Å². The van der Waals surface area contributed by atoms with Gasteiger partial charge in [0.25, 0.3) is 0 Å². The molecule has 1 fully saturated rings. The highest BCUT2D eigenvalue weighted by molar-refractivity contribution is 6.03. The number of ether oxygens (including phenoxy) is 1. The fourth-order valence-electron chi connectivity index (χ4n) is 2.39. The minimum absolute atomic E-state index is 0.110. The Balaban J connectivity index is 1.83. The number of hydrogen-bond acceptors (Lipinski definition) is 3. The van der Waals surface area contributed by atoms with Gasteiger partial charge < -0.3 is 15.4 Å². The first-order valence-corrected chi connectivity index (χ1v) is 6.37. The molecule has 8 heteroatoms. The van der Waals surface area contributed by atoms with Crippen molar-refractivity contribution in [2.45, 2.75) is 31.3 Å². The number of alkyl halides is 3. The number of halogens is 3. The SMILES string of the molecule is NC1=NC(=O)N(C2CC2)C1c1ccc(OC(F)(F)F)cc1. The van der Waals surface area contributed by atoms with Crippen molar-refractivity contribution in [3.8, 4) is 5.75 Å². The fourth-order valence-corrected chi connectivity index (χ4v) is 2.39. The molecule has 0 radical (unpaired) electrons. The van der Waals surface area contributed by atoms with Gasteiger partial charge in [0.15, 0.2) is 0 Å². The molecule has 2 aliphatic rings. The van der Waals surface area contributed by atoms with E-state index < -0.39 is 18.4 Å². The van der Waals surface area contributed by atoms with Crippen molar-refractivity contribution >= 4 is 11.9 Å². The van der Waals surface area contributed by atoms with Gasteiger partial charge >= 0.3 is 12.4 Å². The van der Waals surface area contributed by atoms with Crippen molar-refractivity contribution in [2.24, 2.45) is 10.7 Å². The summed E-state index contributed by atoms with van der Waals surface area (Å²) in [6.07, 6.45) is -2.95. The summed E-state index contributed by atoms with van der Waals surface area (Å²) in [4.78, 5) is 17.1. The molecule has 21 heavy (non-hydrogen) atoms. The van der Waals surface area contributed by atoms with Crippen LogP contribution in [0.15, 0.2) is 29.3 Å². The third-order valence-corrected chi connectivity index (χ3v) is 3.37. The van der Waals surface area contributed by atoms with Crippen LogP contribution in [0.25, 0.3) is 0 Å². The normalized spacial score (nSPS) is 22.4. The minimum atomic E-state index is -4.73. The molecule has 112 valence electrons. The highest BCUT2D eigenvalue weighted by atomic mass is 19.4. The summed E-state index contributed by atoms with van der Waals surface area (Å²) in [5.74, 6) is -0.152. The van der Waals surface area contributed by atoms with E-state index in [1.165, 1.54) is 24.3 Å². The van der Waals surface area contributed by atoms with E-state index in [9.17, 15) is 18.0 Å². The zero-order chi connectivity index (χ0) is 15.2. The number of carbonyl (C=O) groups excluding carboxylic acids is 1. The lowest BCUT2D eigenvalue weighted by molar-refractivity contribution is -0.274. The van der Waals surface area contributed by atoms with Crippen LogP contribution >= 0.6 is 0 Å². The number of amidine groups is 1. The smallest absolute Gasteiger partial charge is 0.406 e. The molecular weight excluding hydrogens is 287 g/mol. The number of amides is 2. The Morgan fingerprint density at radius 2 is 1.86 bits per heavy atom. The van der Waals surface area contributed by atoms with Gasteiger partial charge in [0, 0.05) is 6.04 Å². The van der Waals surface area contributed by atoms with Crippen LogP contribution in [0.5, 0.6) is 5.75 Å². The third kappa shape index (κ3) is 2.79. The van der Waals surface area contributed by atoms with Gasteiger partial charge in [-0.2, -0.15) is 4.99 Å². The summed E-state index contributed by atoms with van der Waals surface area (Å²) >= 11 is 0. The lowest BCUT2D eigenvalue weighted by Crippen LogP contribution is -2.34. The van der Waals surface area contributed by atoms with Crippen molar-refractivity contribution in [1.82, 2.24) is 4.90 Å². The predicted molar refractivity (Wildman–Crippen MR) is 67.7 cm³/mol. The van der Waals surface area contributed by atoms with Gasteiger partial charge in [-0.3, -0.25) is 0 Å². The Morgan fingerprint density at radius 3 is 2.38 bits per heavy atom. The quantitative estimate of drug-likeness (QED) is 0.932. The second-order valence-corrected chi connectivity index (χ2v) is 4.98. The molecule has 1 unspecified atom stereocenters. The molecule has 5 nitrogen and oxygen atoms in total. The molecule has 1 saturated carbocycles. The van der Waals surface area contributed by atoms with Crippen LogP contribution in [-0.2, 0) is 0 Å². The van der Waals surface area contributed by atoms with Crippen LogP contribution in [0.3, 0.4) is 0 Å².